The molecule has 0 radical (unpaired) electrons. The molecule has 1 atom stereocenters. The van der Waals surface area contributed by atoms with Gasteiger partial charge in [-0.3, -0.25) is 0 Å². The SMILES string of the molecule is [2H]C(CCC)c1ccc(Br)cc1OC. The summed E-state index contributed by atoms with van der Waals surface area (Å²) in [6.07, 6.45) is 1.72. The van der Waals surface area contributed by atoms with Gasteiger partial charge >= 0.3 is 0 Å². The second-order valence-electron chi connectivity index (χ2n) is 2.88. The number of hydrogen-bond acceptors (Lipinski definition) is 1. The third-order valence-electron chi connectivity index (χ3n) is 1.85. The Hall–Kier alpha value is -0.500. The van der Waals surface area contributed by atoms with Crippen molar-refractivity contribution in [1.29, 1.82) is 0 Å². The molecule has 0 amide bonds. The molecule has 1 aromatic carbocycles. The van der Waals surface area contributed by atoms with E-state index in [1.54, 1.807) is 7.11 Å². The third kappa shape index (κ3) is 3.03. The highest BCUT2D eigenvalue weighted by atomic mass is 79.9. The zero-order chi connectivity index (χ0) is 10.6. The molecule has 0 saturated carbocycles. The minimum atomic E-state index is -0.178. The van der Waals surface area contributed by atoms with Gasteiger partial charge in [0, 0.05) is 5.84 Å². The lowest BCUT2D eigenvalue weighted by atomic mass is 10.1. The van der Waals surface area contributed by atoms with Crippen molar-refractivity contribution in [2.24, 2.45) is 0 Å². The fraction of sp³-hybridized carbons (Fsp3) is 0.455. The first kappa shape index (κ1) is 9.07. The average Bonchev–Trinajstić information content (AvgIpc) is 2.17. The fourth-order valence-electron chi connectivity index (χ4n) is 1.15. The number of aryl methyl sites for hydroxylation is 1. The van der Waals surface area contributed by atoms with Crippen LogP contribution in [0.25, 0.3) is 0 Å². The maximum atomic E-state index is 7.93. The number of halogens is 1. The Morgan fingerprint density at radius 1 is 1.54 bits per heavy atom. The van der Waals surface area contributed by atoms with Crippen LogP contribution in [0.15, 0.2) is 22.7 Å². The van der Waals surface area contributed by atoms with Crippen LogP contribution in [0, 0.1) is 0 Å². The normalized spacial score (nSPS) is 13.6. The lowest BCUT2D eigenvalue weighted by molar-refractivity contribution is 0.408. The van der Waals surface area contributed by atoms with Crippen molar-refractivity contribution in [1.82, 2.24) is 0 Å². The number of methoxy groups -OCH3 is 1. The van der Waals surface area contributed by atoms with Crippen LogP contribution >= 0.6 is 15.9 Å². The number of rotatable bonds is 4. The van der Waals surface area contributed by atoms with Crippen LogP contribution in [0.5, 0.6) is 5.75 Å². The van der Waals surface area contributed by atoms with Gasteiger partial charge in [-0.1, -0.05) is 35.3 Å². The monoisotopic (exact) mass is 243 g/mol. The Bertz CT molecular complexity index is 301. The molecule has 0 heterocycles. The highest BCUT2D eigenvalue weighted by Gasteiger charge is 2.02. The van der Waals surface area contributed by atoms with E-state index in [4.69, 9.17) is 6.11 Å². The summed E-state index contributed by atoms with van der Waals surface area (Å²) in [6.45, 7) is 2.09. The van der Waals surface area contributed by atoms with Crippen LogP contribution < -0.4 is 4.74 Å². The number of ether oxygens (including phenoxy) is 1. The van der Waals surface area contributed by atoms with E-state index in [9.17, 15) is 0 Å². The molecule has 13 heavy (non-hydrogen) atoms. The summed E-state index contributed by atoms with van der Waals surface area (Å²) < 4.78 is 14.2. The molecule has 0 aliphatic carbocycles. The Labute approximate surface area is 89.6 Å². The maximum Gasteiger partial charge on any atom is 0.123 e. The smallest absolute Gasteiger partial charge is 0.123 e. The van der Waals surface area contributed by atoms with Crippen LogP contribution in [-0.4, -0.2) is 7.11 Å². The summed E-state index contributed by atoms with van der Waals surface area (Å²) in [4.78, 5) is 0. The van der Waals surface area contributed by atoms with Gasteiger partial charge < -0.3 is 4.74 Å². The van der Waals surface area contributed by atoms with E-state index in [1.165, 1.54) is 0 Å². The lowest BCUT2D eigenvalue weighted by Gasteiger charge is -2.07. The molecule has 0 aliphatic heterocycles. The van der Waals surface area contributed by atoms with Gasteiger partial charge in [0.15, 0.2) is 0 Å². The van der Waals surface area contributed by atoms with Crippen molar-refractivity contribution in [3.05, 3.63) is 28.2 Å². The molecule has 1 unspecified atom stereocenters. The van der Waals surface area contributed by atoms with Gasteiger partial charge in [-0.05, 0) is 30.5 Å². The van der Waals surface area contributed by atoms with Gasteiger partial charge in [0.2, 0.25) is 0 Å². The van der Waals surface area contributed by atoms with Gasteiger partial charge in [-0.2, -0.15) is 0 Å². The summed E-state index contributed by atoms with van der Waals surface area (Å²) in [5.41, 5.74) is 0.970. The first-order valence-electron chi connectivity index (χ1n) is 5.02. The molecule has 0 aliphatic rings. The molecular weight excluding hydrogens is 228 g/mol. The summed E-state index contributed by atoms with van der Waals surface area (Å²) in [5, 5.41) is 0. The largest absolute Gasteiger partial charge is 0.496 e. The maximum absolute atomic E-state index is 7.93. The van der Waals surface area contributed by atoms with Gasteiger partial charge in [-0.15, -0.1) is 0 Å². The zero-order valence-corrected chi connectivity index (χ0v) is 9.60. The van der Waals surface area contributed by atoms with Gasteiger partial charge in [0.1, 0.15) is 5.75 Å². The zero-order valence-electron chi connectivity index (χ0n) is 9.01. The predicted molar refractivity (Wildman–Crippen MR) is 59.3 cm³/mol. The topological polar surface area (TPSA) is 9.23 Å². The third-order valence-corrected chi connectivity index (χ3v) is 2.34. The molecule has 1 nitrogen and oxygen atoms in total. The molecule has 1 rings (SSSR count). The Morgan fingerprint density at radius 2 is 2.31 bits per heavy atom. The van der Waals surface area contributed by atoms with Crippen LogP contribution in [0.1, 0.15) is 26.7 Å². The lowest BCUT2D eigenvalue weighted by Crippen LogP contribution is -1.91. The Kier molecular flexibility index (Phi) is 3.68. The van der Waals surface area contributed by atoms with E-state index in [1.807, 2.05) is 18.2 Å². The summed E-state index contributed by atoms with van der Waals surface area (Å²) in [6, 6.07) is 5.82. The van der Waals surface area contributed by atoms with Crippen molar-refractivity contribution in [2.45, 2.75) is 26.2 Å². The molecule has 0 fully saturated rings. The average molecular weight is 244 g/mol. The van der Waals surface area contributed by atoms with Crippen molar-refractivity contribution in [3.8, 4) is 5.75 Å². The summed E-state index contributed by atoms with van der Waals surface area (Å²) in [5.74, 6) is 0.799. The quantitative estimate of drug-likeness (QED) is 0.782. The fourth-order valence-corrected chi connectivity index (χ4v) is 1.49. The molecule has 72 valence electrons. The molecule has 0 aromatic heterocycles. The van der Waals surface area contributed by atoms with Crippen molar-refractivity contribution >= 4 is 15.9 Å². The number of benzene rings is 1. The van der Waals surface area contributed by atoms with Crippen molar-refractivity contribution in [3.63, 3.8) is 0 Å². The van der Waals surface area contributed by atoms with Crippen LogP contribution in [0.3, 0.4) is 0 Å². The molecule has 0 saturated heterocycles. The van der Waals surface area contributed by atoms with Crippen molar-refractivity contribution < 1.29 is 6.11 Å². The van der Waals surface area contributed by atoms with Crippen molar-refractivity contribution in [2.75, 3.05) is 7.11 Å². The van der Waals surface area contributed by atoms with E-state index in [2.05, 4.69) is 22.9 Å². The van der Waals surface area contributed by atoms with E-state index in [-0.39, 0.29) is 6.40 Å². The molecule has 0 spiro atoms. The van der Waals surface area contributed by atoms with Gasteiger partial charge in [0.05, 0.1) is 7.11 Å². The standard InChI is InChI=1S/C11H15BrO/c1-3-4-5-9-6-7-10(12)8-11(9)13-2/h6-8H,3-5H2,1-2H3/i5D. The summed E-state index contributed by atoms with van der Waals surface area (Å²) >= 11 is 3.38. The van der Waals surface area contributed by atoms with Crippen LogP contribution in [0.2, 0.25) is 0 Å². The minimum absolute atomic E-state index is 0.178. The second-order valence-corrected chi connectivity index (χ2v) is 3.79. The van der Waals surface area contributed by atoms with E-state index >= 15 is 0 Å². The molecule has 0 N–H and O–H groups in total. The first-order chi connectivity index (χ1) is 6.69. The molecule has 0 bridgehead atoms. The molecule has 2 heteroatoms. The van der Waals surface area contributed by atoms with Gasteiger partial charge in [-0.25, -0.2) is 0 Å². The number of hydrogen-bond donors (Lipinski definition) is 0. The minimum Gasteiger partial charge on any atom is -0.496 e. The van der Waals surface area contributed by atoms with Gasteiger partial charge in [0.25, 0.3) is 0 Å². The molecule has 1 aromatic rings. The first-order valence-corrected chi connectivity index (χ1v) is 5.24. The van der Waals surface area contributed by atoms with E-state index in [0.717, 1.165) is 28.6 Å². The summed E-state index contributed by atoms with van der Waals surface area (Å²) in [7, 11) is 1.64. The van der Waals surface area contributed by atoms with Crippen LogP contribution in [0.4, 0.5) is 0 Å². The predicted octanol–water partition coefficient (Wildman–Crippen LogP) is 3.80. The highest BCUT2D eigenvalue weighted by molar-refractivity contribution is 9.10. The second kappa shape index (κ2) is 5.28. The van der Waals surface area contributed by atoms with Crippen LogP contribution in [-0.2, 0) is 6.40 Å². The molecular formula is C11H15BrO. The Morgan fingerprint density at radius 3 is 2.92 bits per heavy atom. The highest BCUT2D eigenvalue weighted by Crippen LogP contribution is 2.24. The van der Waals surface area contributed by atoms with E-state index < -0.39 is 0 Å². The van der Waals surface area contributed by atoms with E-state index in [0.29, 0.717) is 0 Å². The Balaban J connectivity index is 2.95.